The van der Waals surface area contributed by atoms with Crippen LogP contribution in [0.1, 0.15) is 23.1 Å². The second kappa shape index (κ2) is 5.76. The fourth-order valence-electron chi connectivity index (χ4n) is 1.14. The summed E-state index contributed by atoms with van der Waals surface area (Å²) in [6, 6.07) is 0.111. The molecule has 0 spiro atoms. The predicted octanol–water partition coefficient (Wildman–Crippen LogP) is 0.190. The maximum Gasteiger partial charge on any atom is 0.282 e. The molecule has 1 rings (SSSR count). The van der Waals surface area contributed by atoms with Crippen molar-refractivity contribution in [2.45, 2.75) is 19.4 Å². The van der Waals surface area contributed by atoms with Crippen LogP contribution in [-0.4, -0.2) is 47.7 Å². The Morgan fingerprint density at radius 1 is 1.56 bits per heavy atom. The number of amides is 1. The van der Waals surface area contributed by atoms with E-state index in [-0.39, 0.29) is 11.9 Å². The molecule has 1 aromatic heterocycles. The second-order valence-electron chi connectivity index (χ2n) is 3.91. The van der Waals surface area contributed by atoms with Gasteiger partial charge in [0.1, 0.15) is 0 Å². The zero-order valence-electron chi connectivity index (χ0n) is 9.73. The largest absolute Gasteiger partial charge is 0.374 e. The third-order valence-electron chi connectivity index (χ3n) is 2.02. The molecule has 3 N–H and O–H groups in total. The standard InChI is InChI=1S/C9H17N5OS/c1-6(4-5-14(2)3)11-7(15)8-12-13-9(10)16-8/h6H,4-5H2,1-3H3,(H2,10,13)(H,11,15). The minimum atomic E-state index is -0.208. The third-order valence-corrected chi connectivity index (χ3v) is 2.77. The number of rotatable bonds is 5. The average molecular weight is 243 g/mol. The molecule has 0 saturated heterocycles. The smallest absolute Gasteiger partial charge is 0.282 e. The van der Waals surface area contributed by atoms with Gasteiger partial charge in [0.25, 0.3) is 5.91 Å². The van der Waals surface area contributed by atoms with E-state index in [4.69, 9.17) is 5.73 Å². The van der Waals surface area contributed by atoms with Gasteiger partial charge < -0.3 is 16.0 Å². The molecule has 1 atom stereocenters. The lowest BCUT2D eigenvalue weighted by molar-refractivity contribution is 0.0935. The fraction of sp³-hybridized carbons (Fsp3) is 0.667. The number of aromatic nitrogens is 2. The Bertz CT molecular complexity index is 351. The van der Waals surface area contributed by atoms with Crippen molar-refractivity contribution in [1.29, 1.82) is 0 Å². The van der Waals surface area contributed by atoms with E-state index >= 15 is 0 Å². The first-order valence-electron chi connectivity index (χ1n) is 5.03. The second-order valence-corrected chi connectivity index (χ2v) is 4.92. The highest BCUT2D eigenvalue weighted by atomic mass is 32.1. The van der Waals surface area contributed by atoms with Crippen LogP contribution in [-0.2, 0) is 0 Å². The van der Waals surface area contributed by atoms with Gasteiger partial charge in [0.2, 0.25) is 10.1 Å². The van der Waals surface area contributed by atoms with Crippen LogP contribution in [0.4, 0.5) is 5.13 Å². The van der Waals surface area contributed by atoms with E-state index in [1.807, 2.05) is 21.0 Å². The lowest BCUT2D eigenvalue weighted by Gasteiger charge is -2.15. The first kappa shape index (κ1) is 12.9. The van der Waals surface area contributed by atoms with Crippen LogP contribution in [0.15, 0.2) is 0 Å². The van der Waals surface area contributed by atoms with Crippen molar-refractivity contribution in [3.8, 4) is 0 Å². The van der Waals surface area contributed by atoms with E-state index in [1.165, 1.54) is 0 Å². The zero-order chi connectivity index (χ0) is 12.1. The molecule has 1 heterocycles. The molecule has 90 valence electrons. The van der Waals surface area contributed by atoms with Crippen molar-refractivity contribution in [3.05, 3.63) is 5.01 Å². The summed E-state index contributed by atoms with van der Waals surface area (Å²) in [5.74, 6) is -0.208. The minimum Gasteiger partial charge on any atom is -0.374 e. The molecular formula is C9H17N5OS. The van der Waals surface area contributed by atoms with Gasteiger partial charge in [-0.2, -0.15) is 0 Å². The lowest BCUT2D eigenvalue weighted by Crippen LogP contribution is -2.34. The molecule has 7 heteroatoms. The maximum atomic E-state index is 11.6. The number of carbonyl (C=O) groups is 1. The first-order chi connectivity index (χ1) is 7.49. The fourth-order valence-corrected chi connectivity index (χ4v) is 1.65. The Morgan fingerprint density at radius 2 is 2.25 bits per heavy atom. The van der Waals surface area contributed by atoms with E-state index < -0.39 is 0 Å². The Balaban J connectivity index is 2.39. The summed E-state index contributed by atoms with van der Waals surface area (Å²) in [6.45, 7) is 2.89. The van der Waals surface area contributed by atoms with Crippen LogP contribution < -0.4 is 11.1 Å². The predicted molar refractivity (Wildman–Crippen MR) is 64.4 cm³/mol. The van der Waals surface area contributed by atoms with Crippen LogP contribution in [0.3, 0.4) is 0 Å². The van der Waals surface area contributed by atoms with E-state index in [9.17, 15) is 4.79 Å². The Hall–Kier alpha value is -1.21. The van der Waals surface area contributed by atoms with Gasteiger partial charge >= 0.3 is 0 Å². The highest BCUT2D eigenvalue weighted by Gasteiger charge is 2.14. The zero-order valence-corrected chi connectivity index (χ0v) is 10.5. The first-order valence-corrected chi connectivity index (χ1v) is 5.85. The van der Waals surface area contributed by atoms with Gasteiger partial charge in [-0.1, -0.05) is 11.3 Å². The molecule has 0 saturated carbocycles. The summed E-state index contributed by atoms with van der Waals surface area (Å²) < 4.78 is 0. The number of nitrogens with two attached hydrogens (primary N) is 1. The lowest BCUT2D eigenvalue weighted by atomic mass is 10.2. The van der Waals surface area contributed by atoms with E-state index in [0.29, 0.717) is 10.1 Å². The van der Waals surface area contributed by atoms with Gasteiger partial charge in [0, 0.05) is 6.04 Å². The maximum absolute atomic E-state index is 11.6. The van der Waals surface area contributed by atoms with Crippen molar-refractivity contribution in [2.75, 3.05) is 26.4 Å². The number of hydrogen-bond acceptors (Lipinski definition) is 6. The topological polar surface area (TPSA) is 84.1 Å². The number of nitrogens with one attached hydrogen (secondary N) is 1. The van der Waals surface area contributed by atoms with Crippen LogP contribution in [0, 0.1) is 0 Å². The molecule has 1 amide bonds. The van der Waals surface area contributed by atoms with Crippen molar-refractivity contribution in [2.24, 2.45) is 0 Å². The monoisotopic (exact) mass is 243 g/mol. The molecule has 0 aliphatic carbocycles. The SMILES string of the molecule is CC(CCN(C)C)NC(=O)c1nnc(N)s1. The molecule has 0 aliphatic rings. The summed E-state index contributed by atoms with van der Waals surface area (Å²) in [6.07, 6.45) is 0.896. The number of carbonyl (C=O) groups excluding carboxylic acids is 1. The summed E-state index contributed by atoms with van der Waals surface area (Å²) in [5.41, 5.74) is 5.40. The quantitative estimate of drug-likeness (QED) is 0.771. The molecule has 1 aromatic rings. The van der Waals surface area contributed by atoms with Crippen LogP contribution in [0.25, 0.3) is 0 Å². The number of nitrogens with zero attached hydrogens (tertiary/aromatic N) is 3. The third kappa shape index (κ3) is 4.11. The normalized spacial score (nSPS) is 12.8. The summed E-state index contributed by atoms with van der Waals surface area (Å²) in [7, 11) is 4.00. The average Bonchev–Trinajstić information content (AvgIpc) is 2.62. The molecular weight excluding hydrogens is 226 g/mol. The minimum absolute atomic E-state index is 0.111. The Kier molecular flexibility index (Phi) is 4.63. The molecule has 1 unspecified atom stereocenters. The highest BCUT2D eigenvalue weighted by molar-refractivity contribution is 7.16. The molecule has 0 bridgehead atoms. The van der Waals surface area contributed by atoms with Gasteiger partial charge in [-0.3, -0.25) is 4.79 Å². The van der Waals surface area contributed by atoms with Crippen LogP contribution in [0.5, 0.6) is 0 Å². The summed E-state index contributed by atoms with van der Waals surface area (Å²) in [5, 5.41) is 10.8. The molecule has 0 fully saturated rings. The Morgan fingerprint density at radius 3 is 2.75 bits per heavy atom. The van der Waals surface area contributed by atoms with E-state index in [0.717, 1.165) is 24.3 Å². The van der Waals surface area contributed by atoms with Gasteiger partial charge in [0.15, 0.2) is 0 Å². The highest BCUT2D eigenvalue weighted by Crippen LogP contribution is 2.10. The summed E-state index contributed by atoms with van der Waals surface area (Å²) in [4.78, 5) is 13.7. The Labute approximate surface area is 98.8 Å². The van der Waals surface area contributed by atoms with Gasteiger partial charge in [-0.25, -0.2) is 0 Å². The van der Waals surface area contributed by atoms with Crippen molar-refractivity contribution >= 4 is 22.4 Å². The van der Waals surface area contributed by atoms with Crippen LogP contribution in [0.2, 0.25) is 0 Å². The van der Waals surface area contributed by atoms with Crippen molar-refractivity contribution < 1.29 is 4.79 Å². The van der Waals surface area contributed by atoms with Gasteiger partial charge in [-0.05, 0) is 34.0 Å². The van der Waals surface area contributed by atoms with E-state index in [2.05, 4.69) is 20.4 Å². The van der Waals surface area contributed by atoms with Crippen molar-refractivity contribution in [1.82, 2.24) is 20.4 Å². The van der Waals surface area contributed by atoms with E-state index in [1.54, 1.807) is 0 Å². The number of hydrogen-bond donors (Lipinski definition) is 2. The molecule has 0 aromatic carbocycles. The molecule has 6 nitrogen and oxygen atoms in total. The molecule has 0 radical (unpaired) electrons. The number of anilines is 1. The molecule has 16 heavy (non-hydrogen) atoms. The van der Waals surface area contributed by atoms with Crippen LogP contribution >= 0.6 is 11.3 Å². The van der Waals surface area contributed by atoms with Crippen molar-refractivity contribution in [3.63, 3.8) is 0 Å². The number of nitrogen functional groups attached to an aromatic ring is 1. The molecule has 0 aliphatic heterocycles. The summed E-state index contributed by atoms with van der Waals surface area (Å²) >= 11 is 1.10. The van der Waals surface area contributed by atoms with Gasteiger partial charge in [-0.15, -0.1) is 10.2 Å². The van der Waals surface area contributed by atoms with Gasteiger partial charge in [0.05, 0.1) is 0 Å².